The van der Waals surface area contributed by atoms with Crippen LogP contribution >= 0.6 is 15.9 Å². The van der Waals surface area contributed by atoms with Crippen molar-refractivity contribution >= 4 is 27.5 Å². The summed E-state index contributed by atoms with van der Waals surface area (Å²) in [5.74, 6) is 1.10. The molecule has 0 aromatic heterocycles. The number of halogens is 1. The van der Waals surface area contributed by atoms with E-state index in [4.69, 9.17) is 14.2 Å². The molecule has 162 valence electrons. The Labute approximate surface area is 191 Å². The number of nitrogens with one attached hydrogen (secondary N) is 1. The lowest BCUT2D eigenvalue weighted by atomic mass is 10.1. The molecule has 0 aliphatic heterocycles. The monoisotopic (exact) mass is 483 g/mol. The van der Waals surface area contributed by atoms with Gasteiger partial charge in [0, 0.05) is 12.7 Å². The van der Waals surface area contributed by atoms with Crippen molar-refractivity contribution in [2.45, 2.75) is 12.8 Å². The third kappa shape index (κ3) is 7.12. The average Bonchev–Trinajstić information content (AvgIpc) is 2.79. The average molecular weight is 484 g/mol. The molecule has 6 heteroatoms. The van der Waals surface area contributed by atoms with Crippen LogP contribution in [0.5, 0.6) is 11.5 Å². The summed E-state index contributed by atoms with van der Waals surface area (Å²) in [5.41, 5.74) is 2.45. The second-order valence-corrected chi connectivity index (χ2v) is 7.73. The predicted molar refractivity (Wildman–Crippen MR) is 126 cm³/mol. The van der Waals surface area contributed by atoms with E-state index in [1.165, 1.54) is 5.56 Å². The van der Waals surface area contributed by atoms with Crippen LogP contribution in [0.4, 0.5) is 5.69 Å². The summed E-state index contributed by atoms with van der Waals surface area (Å²) < 4.78 is 17.2. The number of hydrogen-bond acceptors (Lipinski definition) is 4. The molecule has 0 fully saturated rings. The summed E-state index contributed by atoms with van der Waals surface area (Å²) in [7, 11) is 1.62. The second-order valence-electron chi connectivity index (χ2n) is 6.87. The third-order valence-corrected chi connectivity index (χ3v) is 5.20. The molecule has 3 aromatic carbocycles. The largest absolute Gasteiger partial charge is 0.491 e. The van der Waals surface area contributed by atoms with Crippen molar-refractivity contribution in [3.63, 3.8) is 0 Å². The molecule has 0 saturated heterocycles. The minimum Gasteiger partial charge on any atom is -0.491 e. The van der Waals surface area contributed by atoms with Gasteiger partial charge in [-0.15, -0.1) is 0 Å². The fourth-order valence-electron chi connectivity index (χ4n) is 2.99. The standard InChI is InChI=1S/C25H26BrNO4/c1-29-16-17-31-23-14-13-20(18-21(23)26)25(28)27-22-11-5-6-12-24(22)30-15-7-10-19-8-3-2-4-9-19/h2-6,8-9,11-14,18H,7,10,15-17H2,1H3,(H,27,28). The zero-order chi connectivity index (χ0) is 21.9. The molecule has 3 aromatic rings. The summed E-state index contributed by atoms with van der Waals surface area (Å²) in [6.45, 7) is 1.51. The normalized spacial score (nSPS) is 10.5. The number of benzene rings is 3. The number of rotatable bonds is 11. The molecular weight excluding hydrogens is 458 g/mol. The summed E-state index contributed by atoms with van der Waals surface area (Å²) in [5, 5.41) is 2.94. The maximum absolute atomic E-state index is 12.8. The lowest BCUT2D eigenvalue weighted by molar-refractivity contribution is 0.102. The molecule has 1 N–H and O–H groups in total. The molecule has 0 spiro atoms. The van der Waals surface area contributed by atoms with Crippen molar-refractivity contribution in [1.29, 1.82) is 0 Å². The van der Waals surface area contributed by atoms with E-state index in [1.54, 1.807) is 25.3 Å². The van der Waals surface area contributed by atoms with E-state index in [2.05, 4.69) is 33.4 Å². The highest BCUT2D eigenvalue weighted by atomic mass is 79.9. The quantitative estimate of drug-likeness (QED) is 0.353. The van der Waals surface area contributed by atoms with Gasteiger partial charge in [0.05, 0.1) is 23.4 Å². The molecule has 0 saturated carbocycles. The zero-order valence-electron chi connectivity index (χ0n) is 17.5. The molecule has 0 aliphatic carbocycles. The highest BCUT2D eigenvalue weighted by Crippen LogP contribution is 2.28. The number of aryl methyl sites for hydroxylation is 1. The van der Waals surface area contributed by atoms with Crippen LogP contribution in [0.15, 0.2) is 77.3 Å². The summed E-state index contributed by atoms with van der Waals surface area (Å²) in [6.07, 6.45) is 1.84. The number of ether oxygens (including phenoxy) is 3. The van der Waals surface area contributed by atoms with E-state index in [0.717, 1.165) is 12.8 Å². The van der Waals surface area contributed by atoms with Crippen LogP contribution in [-0.2, 0) is 11.2 Å². The molecule has 0 aliphatic rings. The van der Waals surface area contributed by atoms with Crippen molar-refractivity contribution in [2.24, 2.45) is 0 Å². The number of hydrogen-bond donors (Lipinski definition) is 1. The van der Waals surface area contributed by atoms with Crippen molar-refractivity contribution in [3.8, 4) is 11.5 Å². The van der Waals surface area contributed by atoms with E-state index in [-0.39, 0.29) is 5.91 Å². The first-order chi connectivity index (χ1) is 15.2. The van der Waals surface area contributed by atoms with Crippen molar-refractivity contribution in [2.75, 3.05) is 32.2 Å². The Kier molecular flexibility index (Phi) is 8.94. The molecule has 0 bridgehead atoms. The van der Waals surface area contributed by atoms with E-state index in [0.29, 0.717) is 47.0 Å². The van der Waals surface area contributed by atoms with Gasteiger partial charge in [-0.2, -0.15) is 0 Å². The van der Waals surface area contributed by atoms with Crippen LogP contribution in [0.2, 0.25) is 0 Å². The van der Waals surface area contributed by atoms with Gasteiger partial charge in [0.2, 0.25) is 0 Å². The van der Waals surface area contributed by atoms with Crippen LogP contribution in [-0.4, -0.2) is 32.8 Å². The van der Waals surface area contributed by atoms with Crippen molar-refractivity contribution < 1.29 is 19.0 Å². The first kappa shape index (κ1) is 22.8. The van der Waals surface area contributed by atoms with Gasteiger partial charge in [-0.1, -0.05) is 42.5 Å². The molecule has 31 heavy (non-hydrogen) atoms. The first-order valence-electron chi connectivity index (χ1n) is 10.2. The maximum atomic E-state index is 12.8. The molecule has 0 radical (unpaired) electrons. The van der Waals surface area contributed by atoms with E-state index < -0.39 is 0 Å². The van der Waals surface area contributed by atoms with Crippen LogP contribution in [0.3, 0.4) is 0 Å². The van der Waals surface area contributed by atoms with E-state index >= 15 is 0 Å². The van der Waals surface area contributed by atoms with Gasteiger partial charge in [-0.25, -0.2) is 0 Å². The Morgan fingerprint density at radius 3 is 2.39 bits per heavy atom. The van der Waals surface area contributed by atoms with Gasteiger partial charge < -0.3 is 19.5 Å². The van der Waals surface area contributed by atoms with E-state index in [1.807, 2.05) is 42.5 Å². The SMILES string of the molecule is COCCOc1ccc(C(=O)Nc2ccccc2OCCCc2ccccc2)cc1Br. The van der Waals surface area contributed by atoms with Gasteiger partial charge in [-0.3, -0.25) is 4.79 Å². The minimum atomic E-state index is -0.218. The van der Waals surface area contributed by atoms with Gasteiger partial charge in [0.25, 0.3) is 5.91 Å². The fraction of sp³-hybridized carbons (Fsp3) is 0.240. The molecule has 3 rings (SSSR count). The summed E-state index contributed by atoms with van der Waals surface area (Å²) >= 11 is 3.46. The Hall–Kier alpha value is -2.83. The summed E-state index contributed by atoms with van der Waals surface area (Å²) in [6, 6.07) is 23.0. The lowest BCUT2D eigenvalue weighted by Gasteiger charge is -2.13. The Morgan fingerprint density at radius 2 is 1.61 bits per heavy atom. The Bertz CT molecular complexity index is 978. The first-order valence-corrected chi connectivity index (χ1v) is 10.9. The van der Waals surface area contributed by atoms with Gasteiger partial charge in [-0.05, 0) is 64.7 Å². The Morgan fingerprint density at radius 1 is 0.871 bits per heavy atom. The van der Waals surface area contributed by atoms with Crippen LogP contribution in [0.25, 0.3) is 0 Å². The number of carbonyl (C=O) groups is 1. The van der Waals surface area contributed by atoms with Gasteiger partial charge in [0.15, 0.2) is 0 Å². The second kappa shape index (κ2) is 12.1. The molecule has 5 nitrogen and oxygen atoms in total. The number of para-hydroxylation sites is 2. The number of methoxy groups -OCH3 is 1. The highest BCUT2D eigenvalue weighted by Gasteiger charge is 2.12. The predicted octanol–water partition coefficient (Wildman–Crippen LogP) is 5.74. The molecule has 0 heterocycles. The smallest absolute Gasteiger partial charge is 0.255 e. The third-order valence-electron chi connectivity index (χ3n) is 4.58. The topological polar surface area (TPSA) is 56.8 Å². The number of amides is 1. The van der Waals surface area contributed by atoms with Crippen molar-refractivity contribution in [1.82, 2.24) is 0 Å². The van der Waals surface area contributed by atoms with Gasteiger partial charge in [0.1, 0.15) is 18.1 Å². The van der Waals surface area contributed by atoms with Crippen LogP contribution in [0, 0.1) is 0 Å². The molecule has 0 atom stereocenters. The Balaban J connectivity index is 1.57. The van der Waals surface area contributed by atoms with Crippen molar-refractivity contribution in [3.05, 3.63) is 88.4 Å². The van der Waals surface area contributed by atoms with E-state index in [9.17, 15) is 4.79 Å². The molecule has 0 unspecified atom stereocenters. The fourth-order valence-corrected chi connectivity index (χ4v) is 3.48. The lowest BCUT2D eigenvalue weighted by Crippen LogP contribution is -2.13. The summed E-state index contributed by atoms with van der Waals surface area (Å²) in [4.78, 5) is 12.8. The molecular formula is C25H26BrNO4. The maximum Gasteiger partial charge on any atom is 0.255 e. The van der Waals surface area contributed by atoms with Crippen LogP contribution < -0.4 is 14.8 Å². The van der Waals surface area contributed by atoms with Crippen LogP contribution in [0.1, 0.15) is 22.3 Å². The number of carbonyl (C=O) groups excluding carboxylic acids is 1. The zero-order valence-corrected chi connectivity index (χ0v) is 19.1. The number of anilines is 1. The molecule has 1 amide bonds. The van der Waals surface area contributed by atoms with Gasteiger partial charge >= 0.3 is 0 Å². The minimum absolute atomic E-state index is 0.218. The highest BCUT2D eigenvalue weighted by molar-refractivity contribution is 9.10.